The number of hydrogen-bond acceptors (Lipinski definition) is 3. The van der Waals surface area contributed by atoms with E-state index >= 15 is 0 Å². The number of carbonyl (C=O) groups excluding carboxylic acids is 2. The zero-order chi connectivity index (χ0) is 15.3. The van der Waals surface area contributed by atoms with E-state index in [1.54, 1.807) is 13.1 Å². The lowest BCUT2D eigenvalue weighted by Crippen LogP contribution is -2.46. The van der Waals surface area contributed by atoms with Crippen LogP contribution >= 0.6 is 11.6 Å². The Morgan fingerprint density at radius 1 is 1.30 bits per heavy atom. The minimum absolute atomic E-state index is 0.220. The molecule has 2 amide bonds. The van der Waals surface area contributed by atoms with Crippen molar-refractivity contribution >= 4 is 29.1 Å². The van der Waals surface area contributed by atoms with Crippen molar-refractivity contribution in [3.8, 4) is 0 Å². The van der Waals surface area contributed by atoms with Crippen molar-refractivity contribution in [1.29, 1.82) is 0 Å². The molecule has 20 heavy (non-hydrogen) atoms. The van der Waals surface area contributed by atoms with Crippen LogP contribution in [0.1, 0.15) is 30.6 Å². The Labute approximate surface area is 123 Å². The summed E-state index contributed by atoms with van der Waals surface area (Å²) in [6.45, 7) is 3.97. The van der Waals surface area contributed by atoms with Crippen molar-refractivity contribution < 1.29 is 9.59 Å². The Balaban J connectivity index is 2.87. The van der Waals surface area contributed by atoms with Gasteiger partial charge in [0.1, 0.15) is 6.04 Å². The monoisotopic (exact) mass is 297 g/mol. The van der Waals surface area contributed by atoms with E-state index in [-0.39, 0.29) is 17.7 Å². The lowest BCUT2D eigenvalue weighted by molar-refractivity contribution is -0.122. The van der Waals surface area contributed by atoms with Gasteiger partial charge in [0.2, 0.25) is 5.91 Å². The molecule has 0 bridgehead atoms. The number of likely N-dealkylation sites (N-methyl/N-ethyl adjacent to an activating group) is 1. The third-order valence-electron chi connectivity index (χ3n) is 2.76. The molecule has 0 aromatic heterocycles. The van der Waals surface area contributed by atoms with Crippen LogP contribution in [0.4, 0.5) is 5.69 Å². The average molecular weight is 298 g/mol. The minimum atomic E-state index is -0.576. The second kappa shape index (κ2) is 7.14. The third kappa shape index (κ3) is 4.74. The van der Waals surface area contributed by atoms with Gasteiger partial charge >= 0.3 is 0 Å². The van der Waals surface area contributed by atoms with Gasteiger partial charge in [-0.05, 0) is 30.5 Å². The van der Waals surface area contributed by atoms with E-state index in [2.05, 4.69) is 10.6 Å². The Kier molecular flexibility index (Phi) is 5.82. The van der Waals surface area contributed by atoms with Gasteiger partial charge in [0, 0.05) is 23.3 Å². The number of nitrogen functional groups attached to an aromatic ring is 1. The van der Waals surface area contributed by atoms with E-state index in [4.69, 9.17) is 17.3 Å². The molecule has 1 unspecified atom stereocenters. The number of benzene rings is 1. The minimum Gasteiger partial charge on any atom is -0.399 e. The molecule has 4 N–H and O–H groups in total. The molecule has 0 aliphatic heterocycles. The molecular weight excluding hydrogens is 278 g/mol. The van der Waals surface area contributed by atoms with Crippen molar-refractivity contribution in [1.82, 2.24) is 10.6 Å². The van der Waals surface area contributed by atoms with Gasteiger partial charge in [0.15, 0.2) is 0 Å². The van der Waals surface area contributed by atoms with Crippen LogP contribution in [-0.4, -0.2) is 24.9 Å². The number of nitrogens with one attached hydrogen (secondary N) is 2. The molecule has 110 valence electrons. The van der Waals surface area contributed by atoms with Gasteiger partial charge in [-0.15, -0.1) is 0 Å². The van der Waals surface area contributed by atoms with Crippen LogP contribution < -0.4 is 16.4 Å². The Bertz CT molecular complexity index is 483. The van der Waals surface area contributed by atoms with Crippen molar-refractivity contribution in [2.75, 3.05) is 12.8 Å². The second-order valence-electron chi connectivity index (χ2n) is 5.04. The van der Waals surface area contributed by atoms with E-state index in [9.17, 15) is 9.59 Å². The van der Waals surface area contributed by atoms with Gasteiger partial charge in [-0.2, -0.15) is 0 Å². The maximum absolute atomic E-state index is 12.2. The first-order valence-electron chi connectivity index (χ1n) is 6.42. The van der Waals surface area contributed by atoms with Gasteiger partial charge in [-0.1, -0.05) is 25.4 Å². The third-order valence-corrected chi connectivity index (χ3v) is 2.98. The van der Waals surface area contributed by atoms with E-state index in [1.807, 2.05) is 13.8 Å². The number of halogens is 1. The Hall–Kier alpha value is -1.75. The van der Waals surface area contributed by atoms with E-state index < -0.39 is 6.04 Å². The first-order chi connectivity index (χ1) is 9.33. The van der Waals surface area contributed by atoms with Crippen LogP contribution in [0.25, 0.3) is 0 Å². The van der Waals surface area contributed by atoms with Crippen LogP contribution in [0.15, 0.2) is 18.2 Å². The highest BCUT2D eigenvalue weighted by Crippen LogP contribution is 2.17. The predicted molar refractivity (Wildman–Crippen MR) is 80.6 cm³/mol. The molecule has 1 rings (SSSR count). The summed E-state index contributed by atoms with van der Waals surface area (Å²) < 4.78 is 0. The van der Waals surface area contributed by atoms with Crippen molar-refractivity contribution in [2.45, 2.75) is 26.3 Å². The molecule has 0 aliphatic carbocycles. The number of carbonyl (C=O) groups is 2. The number of rotatable bonds is 5. The summed E-state index contributed by atoms with van der Waals surface area (Å²) in [7, 11) is 1.54. The summed E-state index contributed by atoms with van der Waals surface area (Å²) in [5.41, 5.74) is 6.40. The maximum Gasteiger partial charge on any atom is 0.252 e. The highest BCUT2D eigenvalue weighted by Gasteiger charge is 2.21. The molecule has 0 fully saturated rings. The molecule has 1 atom stereocenters. The predicted octanol–water partition coefficient (Wildman–Crippen LogP) is 1.81. The molecule has 0 spiro atoms. The maximum atomic E-state index is 12.2. The smallest absolute Gasteiger partial charge is 0.252 e. The van der Waals surface area contributed by atoms with Crippen LogP contribution in [0, 0.1) is 5.92 Å². The van der Waals surface area contributed by atoms with E-state index in [0.717, 1.165) is 0 Å². The molecule has 1 aromatic rings. The molecule has 0 saturated carbocycles. The number of anilines is 1. The number of hydrogen-bond donors (Lipinski definition) is 3. The first kappa shape index (κ1) is 16.3. The standard InChI is InChI=1S/C14H20ClN3O2/c1-8(2)4-12(14(20)17-3)18-13(19)9-5-10(15)7-11(16)6-9/h5-8,12H,4,16H2,1-3H3,(H,17,20)(H,18,19). The summed E-state index contributed by atoms with van der Waals surface area (Å²) >= 11 is 5.87. The SMILES string of the molecule is CNC(=O)C(CC(C)C)NC(=O)c1cc(N)cc(Cl)c1. The molecule has 0 radical (unpaired) electrons. The van der Waals surface area contributed by atoms with Gasteiger partial charge in [-0.25, -0.2) is 0 Å². The molecule has 5 nitrogen and oxygen atoms in total. The summed E-state index contributed by atoms with van der Waals surface area (Å²) in [5.74, 6) is -0.308. The second-order valence-corrected chi connectivity index (χ2v) is 5.48. The fourth-order valence-corrected chi connectivity index (χ4v) is 2.11. The van der Waals surface area contributed by atoms with Crippen LogP contribution in [0.5, 0.6) is 0 Å². The summed E-state index contributed by atoms with van der Waals surface area (Å²) in [6, 6.07) is 4.02. The first-order valence-corrected chi connectivity index (χ1v) is 6.79. The highest BCUT2D eigenvalue weighted by atomic mass is 35.5. The lowest BCUT2D eigenvalue weighted by atomic mass is 10.0. The average Bonchev–Trinajstić information content (AvgIpc) is 2.35. The van der Waals surface area contributed by atoms with Crippen LogP contribution in [0.2, 0.25) is 5.02 Å². The largest absolute Gasteiger partial charge is 0.399 e. The highest BCUT2D eigenvalue weighted by molar-refractivity contribution is 6.31. The summed E-state index contributed by atoms with van der Waals surface area (Å²) in [6.07, 6.45) is 0.557. The zero-order valence-electron chi connectivity index (χ0n) is 11.9. The normalized spacial score (nSPS) is 12.1. The Morgan fingerprint density at radius 3 is 2.45 bits per heavy atom. The van der Waals surface area contributed by atoms with Crippen LogP contribution in [0.3, 0.4) is 0 Å². The number of nitrogens with two attached hydrogens (primary N) is 1. The van der Waals surface area contributed by atoms with E-state index in [1.165, 1.54) is 12.1 Å². The van der Waals surface area contributed by atoms with Crippen LogP contribution in [-0.2, 0) is 4.79 Å². The number of amides is 2. The van der Waals surface area contributed by atoms with E-state index in [0.29, 0.717) is 22.7 Å². The Morgan fingerprint density at radius 2 is 1.95 bits per heavy atom. The lowest BCUT2D eigenvalue weighted by Gasteiger charge is -2.19. The fraction of sp³-hybridized carbons (Fsp3) is 0.429. The van der Waals surface area contributed by atoms with Gasteiger partial charge in [0.25, 0.3) is 5.91 Å². The fourth-order valence-electron chi connectivity index (χ4n) is 1.86. The topological polar surface area (TPSA) is 84.2 Å². The molecule has 0 aliphatic rings. The molecule has 1 aromatic carbocycles. The molecule has 6 heteroatoms. The zero-order valence-corrected chi connectivity index (χ0v) is 12.6. The summed E-state index contributed by atoms with van der Waals surface area (Å²) in [4.78, 5) is 23.9. The summed E-state index contributed by atoms with van der Waals surface area (Å²) in [5, 5.41) is 5.63. The van der Waals surface area contributed by atoms with Gasteiger partial charge < -0.3 is 16.4 Å². The van der Waals surface area contributed by atoms with Crippen molar-refractivity contribution in [3.05, 3.63) is 28.8 Å². The molecule has 0 heterocycles. The van der Waals surface area contributed by atoms with Gasteiger partial charge in [0.05, 0.1) is 0 Å². The molecule has 0 saturated heterocycles. The van der Waals surface area contributed by atoms with Crippen molar-refractivity contribution in [2.24, 2.45) is 5.92 Å². The van der Waals surface area contributed by atoms with Crippen molar-refractivity contribution in [3.63, 3.8) is 0 Å². The quantitative estimate of drug-likeness (QED) is 0.725. The molecular formula is C14H20ClN3O2. The van der Waals surface area contributed by atoms with Gasteiger partial charge in [-0.3, -0.25) is 9.59 Å².